The maximum Gasteiger partial charge on any atom is 0.408 e. The number of esters is 1. The van der Waals surface area contributed by atoms with Crippen LogP contribution in [-0.2, 0) is 19.7 Å². The summed E-state index contributed by atoms with van der Waals surface area (Å²) in [6, 6.07) is 9.18. The second-order valence-electron chi connectivity index (χ2n) is 8.82. The minimum atomic E-state index is -1.36. The van der Waals surface area contributed by atoms with Gasteiger partial charge in [-0.3, -0.25) is 0 Å². The van der Waals surface area contributed by atoms with E-state index in [0.29, 0.717) is 0 Å². The second-order valence-corrected chi connectivity index (χ2v) is 8.82. The van der Waals surface area contributed by atoms with Gasteiger partial charge in [0.25, 0.3) is 0 Å². The Kier molecular flexibility index (Phi) is 5.12. The SMILES string of the molecule is CC(C)(C)OC(=O)NC1(C(=O)OC(C)(C)C)CC1(CO)c1ccccc1. The molecule has 0 aromatic heterocycles. The van der Waals surface area contributed by atoms with E-state index < -0.39 is 34.2 Å². The third kappa shape index (κ3) is 4.01. The van der Waals surface area contributed by atoms with Gasteiger partial charge in [-0.05, 0) is 53.5 Å². The first-order valence-electron chi connectivity index (χ1n) is 8.76. The number of hydrogen-bond donors (Lipinski definition) is 2. The molecule has 0 spiro atoms. The van der Waals surface area contributed by atoms with Crippen molar-refractivity contribution < 1.29 is 24.2 Å². The van der Waals surface area contributed by atoms with E-state index in [1.54, 1.807) is 41.5 Å². The molecule has 1 aliphatic carbocycles. The Morgan fingerprint density at radius 1 is 1.04 bits per heavy atom. The van der Waals surface area contributed by atoms with Crippen LogP contribution in [-0.4, -0.2) is 40.5 Å². The van der Waals surface area contributed by atoms with E-state index in [1.165, 1.54) is 0 Å². The van der Waals surface area contributed by atoms with E-state index in [9.17, 15) is 14.7 Å². The minimum absolute atomic E-state index is 0.245. The van der Waals surface area contributed by atoms with E-state index in [0.717, 1.165) is 5.56 Å². The molecule has 1 amide bonds. The van der Waals surface area contributed by atoms with Crippen molar-refractivity contribution in [3.05, 3.63) is 35.9 Å². The van der Waals surface area contributed by atoms with Gasteiger partial charge in [-0.1, -0.05) is 30.3 Å². The van der Waals surface area contributed by atoms with Gasteiger partial charge >= 0.3 is 12.1 Å². The van der Waals surface area contributed by atoms with Crippen molar-refractivity contribution >= 4 is 12.1 Å². The fourth-order valence-electron chi connectivity index (χ4n) is 3.12. The first-order valence-corrected chi connectivity index (χ1v) is 8.76. The predicted molar refractivity (Wildman–Crippen MR) is 97.8 cm³/mol. The molecule has 0 saturated heterocycles. The van der Waals surface area contributed by atoms with Gasteiger partial charge in [-0.15, -0.1) is 0 Å². The topological polar surface area (TPSA) is 84.9 Å². The number of ether oxygens (including phenoxy) is 2. The van der Waals surface area contributed by atoms with Crippen molar-refractivity contribution in [1.29, 1.82) is 0 Å². The molecule has 2 unspecified atom stereocenters. The third-order valence-corrected chi connectivity index (χ3v) is 4.32. The molecule has 0 heterocycles. The van der Waals surface area contributed by atoms with Crippen molar-refractivity contribution in [2.45, 2.75) is 70.1 Å². The number of aliphatic hydroxyl groups excluding tert-OH is 1. The summed E-state index contributed by atoms with van der Waals surface area (Å²) in [5.74, 6) is -0.575. The quantitative estimate of drug-likeness (QED) is 0.804. The maximum atomic E-state index is 13.0. The molecule has 6 nitrogen and oxygen atoms in total. The largest absolute Gasteiger partial charge is 0.458 e. The fourth-order valence-corrected chi connectivity index (χ4v) is 3.12. The van der Waals surface area contributed by atoms with Gasteiger partial charge in [0.15, 0.2) is 5.54 Å². The van der Waals surface area contributed by atoms with E-state index >= 15 is 0 Å². The van der Waals surface area contributed by atoms with Gasteiger partial charge in [-0.25, -0.2) is 9.59 Å². The molecule has 0 bridgehead atoms. The molecule has 26 heavy (non-hydrogen) atoms. The summed E-state index contributed by atoms with van der Waals surface area (Å²) in [4.78, 5) is 25.4. The number of benzene rings is 1. The summed E-state index contributed by atoms with van der Waals surface area (Å²) in [7, 11) is 0. The smallest absolute Gasteiger partial charge is 0.408 e. The van der Waals surface area contributed by atoms with Crippen LogP contribution in [0.2, 0.25) is 0 Å². The van der Waals surface area contributed by atoms with Gasteiger partial charge in [0.1, 0.15) is 11.2 Å². The number of amides is 1. The lowest BCUT2D eigenvalue weighted by atomic mass is 9.91. The summed E-state index contributed by atoms with van der Waals surface area (Å²) in [5, 5.41) is 12.8. The van der Waals surface area contributed by atoms with Gasteiger partial charge in [-0.2, -0.15) is 0 Å². The maximum absolute atomic E-state index is 13.0. The van der Waals surface area contributed by atoms with Crippen molar-refractivity contribution in [3.63, 3.8) is 0 Å². The van der Waals surface area contributed by atoms with E-state index in [4.69, 9.17) is 9.47 Å². The van der Waals surface area contributed by atoms with E-state index in [2.05, 4.69) is 5.32 Å². The van der Waals surface area contributed by atoms with Crippen LogP contribution < -0.4 is 5.32 Å². The summed E-state index contributed by atoms with van der Waals surface area (Å²) >= 11 is 0. The molecule has 1 fully saturated rings. The summed E-state index contributed by atoms with van der Waals surface area (Å²) in [5.41, 5.74) is -2.96. The highest BCUT2D eigenvalue weighted by molar-refractivity contribution is 5.93. The number of carbonyl (C=O) groups excluding carboxylic acids is 2. The van der Waals surface area contributed by atoms with Crippen LogP contribution >= 0.6 is 0 Å². The Labute approximate surface area is 154 Å². The number of carbonyl (C=O) groups is 2. The molecule has 2 atom stereocenters. The molecule has 1 aromatic rings. The highest BCUT2D eigenvalue weighted by Crippen LogP contribution is 2.58. The molecule has 2 N–H and O–H groups in total. The molecule has 2 rings (SSSR count). The monoisotopic (exact) mass is 363 g/mol. The van der Waals surface area contributed by atoms with Gasteiger partial charge in [0.2, 0.25) is 0 Å². The Balaban J connectivity index is 2.38. The molecule has 0 aliphatic heterocycles. The fraction of sp³-hybridized carbons (Fsp3) is 0.600. The zero-order valence-electron chi connectivity index (χ0n) is 16.4. The third-order valence-electron chi connectivity index (χ3n) is 4.32. The number of hydrogen-bond acceptors (Lipinski definition) is 5. The number of rotatable bonds is 4. The highest BCUT2D eigenvalue weighted by atomic mass is 16.6. The van der Waals surface area contributed by atoms with Gasteiger partial charge in [0.05, 0.1) is 12.0 Å². The van der Waals surface area contributed by atoms with Crippen molar-refractivity contribution in [2.24, 2.45) is 0 Å². The standard InChI is InChI=1S/C20H29NO5/c1-17(2,3)25-15(23)20(21-16(24)26-18(4,5)6)12-19(20,13-22)14-10-8-7-9-11-14/h7-11,22H,12-13H2,1-6H3,(H,21,24). The van der Waals surface area contributed by atoms with Crippen LogP contribution in [0.5, 0.6) is 0 Å². The number of alkyl carbamates (subject to hydrolysis) is 1. The number of aliphatic hydroxyl groups is 1. The van der Waals surface area contributed by atoms with Crippen molar-refractivity contribution in [2.75, 3.05) is 6.61 Å². The van der Waals surface area contributed by atoms with Crippen molar-refractivity contribution in [3.8, 4) is 0 Å². The molecule has 1 saturated carbocycles. The first kappa shape index (κ1) is 20.2. The Hall–Kier alpha value is -2.08. The zero-order chi connectivity index (χ0) is 19.8. The molecule has 1 aliphatic rings. The Morgan fingerprint density at radius 3 is 2.04 bits per heavy atom. The normalized spacial score (nSPS) is 25.3. The summed E-state index contributed by atoms with van der Waals surface area (Å²) in [6.07, 6.45) is -0.469. The molecule has 1 aromatic carbocycles. The second kappa shape index (κ2) is 6.58. The molecule has 6 heteroatoms. The minimum Gasteiger partial charge on any atom is -0.458 e. The lowest BCUT2D eigenvalue weighted by Crippen LogP contribution is -2.53. The molecule has 144 valence electrons. The average Bonchev–Trinajstić information content (AvgIpc) is 3.15. The lowest BCUT2D eigenvalue weighted by molar-refractivity contribution is -0.159. The zero-order valence-corrected chi connectivity index (χ0v) is 16.4. The predicted octanol–water partition coefficient (Wildman–Crippen LogP) is 2.93. The highest BCUT2D eigenvalue weighted by Gasteiger charge is 2.75. The van der Waals surface area contributed by atoms with Gasteiger partial charge < -0.3 is 19.9 Å². The summed E-state index contributed by atoms with van der Waals surface area (Å²) < 4.78 is 10.9. The molecular weight excluding hydrogens is 334 g/mol. The van der Waals surface area contributed by atoms with E-state index in [-0.39, 0.29) is 13.0 Å². The van der Waals surface area contributed by atoms with Crippen LogP contribution in [0.4, 0.5) is 4.79 Å². The lowest BCUT2D eigenvalue weighted by Gasteiger charge is -2.29. The Bertz CT molecular complexity index is 674. The Morgan fingerprint density at radius 2 is 1.58 bits per heavy atom. The van der Waals surface area contributed by atoms with Crippen LogP contribution in [0.1, 0.15) is 53.5 Å². The van der Waals surface area contributed by atoms with Crippen LogP contribution in [0, 0.1) is 0 Å². The molecular formula is C20H29NO5. The average molecular weight is 363 g/mol. The van der Waals surface area contributed by atoms with Crippen LogP contribution in [0.15, 0.2) is 30.3 Å². The first-order chi connectivity index (χ1) is 11.9. The summed E-state index contributed by atoms with van der Waals surface area (Å²) in [6.45, 7) is 10.2. The van der Waals surface area contributed by atoms with Crippen LogP contribution in [0.3, 0.4) is 0 Å². The van der Waals surface area contributed by atoms with Crippen molar-refractivity contribution in [1.82, 2.24) is 5.32 Å². The van der Waals surface area contributed by atoms with Crippen LogP contribution in [0.25, 0.3) is 0 Å². The molecule has 0 radical (unpaired) electrons. The van der Waals surface area contributed by atoms with E-state index in [1.807, 2.05) is 30.3 Å². The number of nitrogens with one attached hydrogen (secondary N) is 1. The van der Waals surface area contributed by atoms with Gasteiger partial charge in [0, 0.05) is 0 Å².